The molecule has 4 aromatic rings. The van der Waals surface area contributed by atoms with Crippen LogP contribution in [0.5, 0.6) is 0 Å². The number of aliphatic hydroxyl groups is 2. The number of benzene rings is 1. The molecule has 1 aliphatic rings. The van der Waals surface area contributed by atoms with Crippen molar-refractivity contribution < 1.29 is 28.2 Å². The second-order valence-corrected chi connectivity index (χ2v) is 10.4. The number of nitrogens with zero attached hydrogens (tertiary/aromatic N) is 6. The predicted octanol–water partition coefficient (Wildman–Crippen LogP) is -0.0910. The number of nitrogens with one attached hydrogen (secondary N) is 2. The van der Waals surface area contributed by atoms with E-state index in [0.717, 1.165) is 5.41 Å². The van der Waals surface area contributed by atoms with Crippen molar-refractivity contribution in [3.8, 4) is 11.4 Å². The monoisotopic (exact) mass is 555 g/mol. The zero-order chi connectivity index (χ0) is 27.6. The Morgan fingerprint density at radius 2 is 2.03 bits per heavy atom. The van der Waals surface area contributed by atoms with E-state index in [9.17, 15) is 23.4 Å². The number of hydrogen-bond donors (Lipinski definition) is 5. The first kappa shape index (κ1) is 26.5. The molecule has 6 N–H and O–H groups in total. The topological polar surface area (TPSA) is 224 Å². The fourth-order valence-electron chi connectivity index (χ4n) is 4.25. The van der Waals surface area contributed by atoms with Crippen LogP contribution >= 0.6 is 0 Å². The number of pyridine rings is 1. The first-order valence-electron chi connectivity index (χ1n) is 11.9. The van der Waals surface area contributed by atoms with Crippen molar-refractivity contribution in [1.29, 1.82) is 0 Å². The average molecular weight is 556 g/mol. The third-order valence-electron chi connectivity index (χ3n) is 6.22. The summed E-state index contributed by atoms with van der Waals surface area (Å²) in [4.78, 5) is 21.1. The number of ether oxygens (including phenoxy) is 1. The lowest BCUT2D eigenvalue weighted by atomic mass is 10.0. The minimum atomic E-state index is -3.92. The number of Topliss-reactive ketones (excluding diaryl/α,β-unsaturated/α-hetero) is 1. The molecule has 3 aromatic heterocycles. The molecule has 1 fully saturated rings. The summed E-state index contributed by atoms with van der Waals surface area (Å²) in [5.41, 5.74) is 7.97. The molecule has 5 rings (SSSR count). The number of imidazole rings is 1. The number of fused-ring (bicyclic) bond motifs is 1. The molecule has 0 aliphatic carbocycles. The molecule has 0 spiro atoms. The number of allylic oxidation sites excluding steroid dienone is 1. The second-order valence-electron chi connectivity index (χ2n) is 8.78. The van der Waals surface area contributed by atoms with Gasteiger partial charge in [-0.25, -0.2) is 23.1 Å². The normalized spacial score (nSPS) is 21.7. The zero-order valence-electron chi connectivity index (χ0n) is 20.3. The number of carbonyl (C=O) groups is 1. The average Bonchev–Trinajstić information content (AvgIpc) is 3.67. The van der Waals surface area contributed by atoms with Crippen molar-refractivity contribution in [2.24, 2.45) is 0 Å². The smallest absolute Gasteiger partial charge is 0.233 e. The fourth-order valence-corrected chi connectivity index (χ4v) is 5.14. The Morgan fingerprint density at radius 1 is 1.21 bits per heavy atom. The van der Waals surface area contributed by atoms with Crippen LogP contribution in [0.4, 0.5) is 5.69 Å². The maximum absolute atomic E-state index is 12.7. The standard InChI is InChI=1S/C23H25N9O6S/c24-15-8-9-25-22-18(15)26-12-32(22)23-20(35)19(34)17(38-23)11-27-39(36,37)10-4-3-7-16(33)13-5-1-2-6-14(13)21-28-30-31-29-21/h1-2,4-6,8-10,12,17,19-20,23,27,34-35H,3,7,11H2,(H2,24,25)(H,28,29,30,31)/b10-4+/t17-,19-,20-,23-/m1/s1. The van der Waals surface area contributed by atoms with E-state index in [-0.39, 0.29) is 31.0 Å². The van der Waals surface area contributed by atoms with Crippen LogP contribution in [-0.4, -0.2) is 84.4 Å². The van der Waals surface area contributed by atoms with Gasteiger partial charge in [-0.2, -0.15) is 5.21 Å². The van der Waals surface area contributed by atoms with Crippen molar-refractivity contribution in [2.75, 3.05) is 12.3 Å². The molecule has 1 aromatic carbocycles. The Kier molecular flexibility index (Phi) is 7.45. The molecule has 1 saturated heterocycles. The Morgan fingerprint density at radius 3 is 2.82 bits per heavy atom. The largest absolute Gasteiger partial charge is 0.397 e. The lowest BCUT2D eigenvalue weighted by Gasteiger charge is -2.16. The van der Waals surface area contributed by atoms with Gasteiger partial charge in [-0.05, 0) is 17.7 Å². The van der Waals surface area contributed by atoms with Gasteiger partial charge in [-0.3, -0.25) is 9.36 Å². The van der Waals surface area contributed by atoms with Crippen molar-refractivity contribution in [1.82, 2.24) is 39.9 Å². The van der Waals surface area contributed by atoms with E-state index in [4.69, 9.17) is 10.5 Å². The van der Waals surface area contributed by atoms with E-state index >= 15 is 0 Å². The number of tetrazole rings is 1. The molecule has 0 radical (unpaired) electrons. The summed E-state index contributed by atoms with van der Waals surface area (Å²) in [6.45, 7) is -0.305. The highest BCUT2D eigenvalue weighted by atomic mass is 32.2. The number of aromatic amines is 1. The fraction of sp³-hybridized carbons (Fsp3) is 0.304. The van der Waals surface area contributed by atoms with Crippen LogP contribution in [-0.2, 0) is 14.8 Å². The van der Waals surface area contributed by atoms with Crippen LogP contribution in [0.3, 0.4) is 0 Å². The van der Waals surface area contributed by atoms with Gasteiger partial charge in [0.2, 0.25) is 15.8 Å². The Bertz CT molecular complexity index is 1610. The lowest BCUT2D eigenvalue weighted by molar-refractivity contribution is -0.0329. The molecule has 0 unspecified atom stereocenters. The quantitative estimate of drug-likeness (QED) is 0.162. The molecule has 204 valence electrons. The van der Waals surface area contributed by atoms with Gasteiger partial charge in [0, 0.05) is 35.7 Å². The van der Waals surface area contributed by atoms with E-state index in [1.807, 2.05) is 0 Å². The van der Waals surface area contributed by atoms with Crippen LogP contribution in [0, 0.1) is 0 Å². The number of aromatic nitrogens is 7. The summed E-state index contributed by atoms with van der Waals surface area (Å²) in [6, 6.07) is 8.38. The molecule has 0 saturated carbocycles. The minimum absolute atomic E-state index is 0.0522. The second kappa shape index (κ2) is 11.0. The third kappa shape index (κ3) is 5.55. The van der Waals surface area contributed by atoms with Crippen LogP contribution in [0.2, 0.25) is 0 Å². The van der Waals surface area contributed by atoms with Crippen LogP contribution in [0.1, 0.15) is 29.4 Å². The number of sulfonamides is 1. The first-order valence-corrected chi connectivity index (χ1v) is 13.4. The molecule has 16 heteroatoms. The molecule has 15 nitrogen and oxygen atoms in total. The molecule has 0 bridgehead atoms. The van der Waals surface area contributed by atoms with E-state index in [1.54, 1.807) is 30.3 Å². The summed E-state index contributed by atoms with van der Waals surface area (Å²) in [6.07, 6.45) is -0.411. The maximum Gasteiger partial charge on any atom is 0.233 e. The van der Waals surface area contributed by atoms with E-state index in [1.165, 1.54) is 23.2 Å². The number of carbonyl (C=O) groups excluding carboxylic acids is 1. The third-order valence-corrected chi connectivity index (χ3v) is 7.34. The molecule has 0 amide bonds. The number of hydrogen-bond acceptors (Lipinski definition) is 12. The summed E-state index contributed by atoms with van der Waals surface area (Å²) < 4.78 is 34.5. The summed E-state index contributed by atoms with van der Waals surface area (Å²) in [5, 5.41) is 35.6. The molecular formula is C23H25N9O6S. The van der Waals surface area contributed by atoms with Crippen LogP contribution in [0.15, 0.2) is 54.3 Å². The summed E-state index contributed by atoms with van der Waals surface area (Å²) in [7, 11) is -3.92. The molecule has 39 heavy (non-hydrogen) atoms. The minimum Gasteiger partial charge on any atom is -0.397 e. The number of ketones is 1. The van der Waals surface area contributed by atoms with E-state index < -0.39 is 34.6 Å². The van der Waals surface area contributed by atoms with E-state index in [0.29, 0.717) is 28.0 Å². The van der Waals surface area contributed by atoms with Gasteiger partial charge in [0.15, 0.2) is 17.7 Å². The predicted molar refractivity (Wildman–Crippen MR) is 137 cm³/mol. The van der Waals surface area contributed by atoms with Gasteiger partial charge in [0.05, 0.1) is 12.0 Å². The number of rotatable bonds is 10. The zero-order valence-corrected chi connectivity index (χ0v) is 21.1. The van der Waals surface area contributed by atoms with Gasteiger partial charge in [-0.15, -0.1) is 10.2 Å². The number of anilines is 1. The van der Waals surface area contributed by atoms with Gasteiger partial charge in [0.25, 0.3) is 0 Å². The highest BCUT2D eigenvalue weighted by molar-refractivity contribution is 7.92. The first-order chi connectivity index (χ1) is 18.7. The van der Waals surface area contributed by atoms with Crippen LogP contribution in [0.25, 0.3) is 22.6 Å². The molecule has 4 heterocycles. The summed E-state index contributed by atoms with van der Waals surface area (Å²) in [5.74, 6) is 0.0720. The van der Waals surface area contributed by atoms with Crippen molar-refractivity contribution in [3.63, 3.8) is 0 Å². The van der Waals surface area contributed by atoms with Crippen molar-refractivity contribution in [3.05, 3.63) is 59.9 Å². The van der Waals surface area contributed by atoms with Crippen LogP contribution < -0.4 is 10.5 Å². The Hall–Kier alpha value is -4.09. The van der Waals surface area contributed by atoms with Gasteiger partial charge in [0.1, 0.15) is 23.8 Å². The highest BCUT2D eigenvalue weighted by Gasteiger charge is 2.44. The lowest BCUT2D eigenvalue weighted by Crippen LogP contribution is -2.39. The van der Waals surface area contributed by atoms with Gasteiger partial charge >= 0.3 is 0 Å². The van der Waals surface area contributed by atoms with Gasteiger partial charge < -0.3 is 20.7 Å². The number of nitrogen functional groups attached to an aromatic ring is 1. The highest BCUT2D eigenvalue weighted by Crippen LogP contribution is 2.32. The molecule has 1 aliphatic heterocycles. The van der Waals surface area contributed by atoms with Gasteiger partial charge in [-0.1, -0.05) is 30.3 Å². The Labute approximate surface area is 221 Å². The van der Waals surface area contributed by atoms with E-state index in [2.05, 4.69) is 35.3 Å². The number of aliphatic hydroxyl groups excluding tert-OH is 2. The maximum atomic E-state index is 12.7. The van der Waals surface area contributed by atoms with Crippen molar-refractivity contribution in [2.45, 2.75) is 37.4 Å². The number of H-pyrrole nitrogens is 1. The SMILES string of the molecule is Nc1ccnc2c1ncn2[C@@H]1O[C@H](CNS(=O)(=O)/C=C/CCC(=O)c2ccccc2-c2nn[nH]n2)[C@@H](O)[C@H]1O. The van der Waals surface area contributed by atoms with Crippen molar-refractivity contribution >= 4 is 32.7 Å². The molecular weight excluding hydrogens is 530 g/mol. The molecule has 4 atom stereocenters. The number of nitrogens with two attached hydrogens (primary N) is 1. The summed E-state index contributed by atoms with van der Waals surface area (Å²) >= 11 is 0. The Balaban J connectivity index is 1.16.